The molecular formula is C26H24Cl4N2O2S2. The van der Waals surface area contributed by atoms with Crippen LogP contribution < -0.4 is 5.73 Å². The first-order chi connectivity index (χ1) is 17.3. The number of amides is 2. The van der Waals surface area contributed by atoms with Crippen LogP contribution in [0.5, 0.6) is 0 Å². The number of imide groups is 1. The molecule has 0 bridgehead atoms. The van der Waals surface area contributed by atoms with Crippen molar-refractivity contribution < 1.29 is 9.59 Å². The summed E-state index contributed by atoms with van der Waals surface area (Å²) in [6.07, 6.45) is 1.74. The van der Waals surface area contributed by atoms with Gasteiger partial charge in [-0.2, -0.15) is 0 Å². The van der Waals surface area contributed by atoms with E-state index in [1.165, 1.54) is 4.90 Å². The van der Waals surface area contributed by atoms with Gasteiger partial charge in [-0.3, -0.25) is 14.5 Å². The normalized spacial score (nSPS) is 12.4. The first kappa shape index (κ1) is 29.2. The molecule has 1 aliphatic heterocycles. The molecule has 0 unspecified atom stereocenters. The minimum absolute atomic E-state index is 0.204. The van der Waals surface area contributed by atoms with Crippen LogP contribution in [0, 0.1) is 0 Å². The zero-order chi connectivity index (χ0) is 26.1. The van der Waals surface area contributed by atoms with Crippen LogP contribution in [0.1, 0.15) is 33.6 Å². The molecule has 0 radical (unpaired) electrons. The lowest BCUT2D eigenvalue weighted by Crippen LogP contribution is -2.30. The fourth-order valence-corrected chi connectivity index (χ4v) is 5.77. The third kappa shape index (κ3) is 8.06. The Morgan fingerprint density at radius 3 is 1.58 bits per heavy atom. The quantitative estimate of drug-likeness (QED) is 0.152. The topological polar surface area (TPSA) is 63.4 Å². The molecule has 0 aliphatic carbocycles. The monoisotopic (exact) mass is 600 g/mol. The van der Waals surface area contributed by atoms with Crippen molar-refractivity contribution in [3.8, 4) is 0 Å². The summed E-state index contributed by atoms with van der Waals surface area (Å²) in [5, 5.41) is 2.27. The third-order valence-corrected chi connectivity index (χ3v) is 8.71. The van der Waals surface area contributed by atoms with E-state index >= 15 is 0 Å². The fourth-order valence-electron chi connectivity index (χ4n) is 3.26. The molecule has 0 saturated carbocycles. The number of hydrogen-bond acceptors (Lipinski definition) is 5. The Morgan fingerprint density at radius 1 is 0.667 bits per heavy atom. The Labute approximate surface area is 239 Å². The van der Waals surface area contributed by atoms with E-state index in [4.69, 9.17) is 52.1 Å². The number of halogens is 4. The van der Waals surface area contributed by atoms with Crippen LogP contribution in [-0.2, 0) is 0 Å². The second-order valence-corrected chi connectivity index (χ2v) is 11.6. The number of fused-ring (bicyclic) bond motifs is 1. The predicted octanol–water partition coefficient (Wildman–Crippen LogP) is 8.21. The molecule has 0 spiro atoms. The van der Waals surface area contributed by atoms with Gasteiger partial charge in [0.15, 0.2) is 0 Å². The van der Waals surface area contributed by atoms with Gasteiger partial charge in [-0.1, -0.05) is 58.5 Å². The minimum Gasteiger partial charge on any atom is -0.330 e. The first-order valence-electron chi connectivity index (χ1n) is 11.1. The van der Waals surface area contributed by atoms with Crippen molar-refractivity contribution >= 4 is 81.7 Å². The summed E-state index contributed by atoms with van der Waals surface area (Å²) in [6.45, 7) is 1.15. The van der Waals surface area contributed by atoms with Gasteiger partial charge in [0.2, 0.25) is 0 Å². The van der Waals surface area contributed by atoms with Crippen molar-refractivity contribution in [1.82, 2.24) is 4.90 Å². The smallest absolute Gasteiger partial charge is 0.261 e. The van der Waals surface area contributed by atoms with Crippen LogP contribution in [0.3, 0.4) is 0 Å². The Balaban J connectivity index is 0.000000236. The van der Waals surface area contributed by atoms with Crippen LogP contribution in [0.25, 0.3) is 0 Å². The Morgan fingerprint density at radius 2 is 1.14 bits per heavy atom. The van der Waals surface area contributed by atoms with Crippen molar-refractivity contribution in [1.29, 1.82) is 0 Å². The van der Waals surface area contributed by atoms with Gasteiger partial charge in [0.25, 0.3) is 11.8 Å². The molecular weight excluding hydrogens is 578 g/mol. The average molecular weight is 602 g/mol. The summed E-state index contributed by atoms with van der Waals surface area (Å²) in [5.41, 5.74) is 6.38. The molecule has 0 aromatic heterocycles. The molecule has 36 heavy (non-hydrogen) atoms. The molecule has 190 valence electrons. The minimum atomic E-state index is -0.204. The van der Waals surface area contributed by atoms with E-state index in [0.717, 1.165) is 40.7 Å². The number of carbonyl (C=O) groups excluding carboxylic acids is 2. The Hall–Kier alpha value is -1.38. The van der Waals surface area contributed by atoms with Gasteiger partial charge in [-0.25, -0.2) is 0 Å². The van der Waals surface area contributed by atoms with Crippen molar-refractivity contribution in [2.24, 2.45) is 5.73 Å². The first-order valence-corrected chi connectivity index (χ1v) is 14.6. The molecule has 0 saturated heterocycles. The Kier molecular flexibility index (Phi) is 11.8. The molecule has 3 aromatic carbocycles. The zero-order valence-electron chi connectivity index (χ0n) is 19.2. The fraction of sp³-hybridized carbons (Fsp3) is 0.231. The van der Waals surface area contributed by atoms with Crippen LogP contribution in [0.2, 0.25) is 20.1 Å². The molecule has 10 heteroatoms. The lowest BCUT2D eigenvalue weighted by Gasteiger charge is -2.13. The summed E-state index contributed by atoms with van der Waals surface area (Å²) in [4.78, 5) is 27.9. The molecule has 3 aromatic rings. The summed E-state index contributed by atoms with van der Waals surface area (Å²) in [6, 6.07) is 18.1. The van der Waals surface area contributed by atoms with Gasteiger partial charge in [0.1, 0.15) is 0 Å². The maximum Gasteiger partial charge on any atom is 0.261 e. The highest BCUT2D eigenvalue weighted by Gasteiger charge is 2.34. The second-order valence-electron chi connectivity index (χ2n) is 7.65. The number of hydrogen-bond donors (Lipinski definition) is 1. The van der Waals surface area contributed by atoms with E-state index in [9.17, 15) is 9.59 Å². The van der Waals surface area contributed by atoms with E-state index in [-0.39, 0.29) is 11.8 Å². The molecule has 1 aliphatic rings. The number of benzene rings is 3. The number of rotatable bonds is 9. The van der Waals surface area contributed by atoms with Gasteiger partial charge in [-0.05, 0) is 79.4 Å². The number of nitrogens with zero attached hydrogens (tertiary/aromatic N) is 1. The SMILES string of the molecule is NCCCSc1ccc(Cl)c(Cl)c1.O=C1c2ccccc2C(=O)N1CCCSc1ccc(Cl)c(Cl)c1. The van der Waals surface area contributed by atoms with E-state index in [0.29, 0.717) is 37.8 Å². The molecule has 2 amide bonds. The Bertz CT molecular complexity index is 1190. The van der Waals surface area contributed by atoms with E-state index in [1.54, 1.807) is 53.9 Å². The van der Waals surface area contributed by atoms with Gasteiger partial charge < -0.3 is 5.73 Å². The molecule has 1 heterocycles. The van der Waals surface area contributed by atoms with Gasteiger partial charge in [-0.15, -0.1) is 23.5 Å². The highest BCUT2D eigenvalue weighted by molar-refractivity contribution is 7.99. The number of carbonyl (C=O) groups is 2. The van der Waals surface area contributed by atoms with Crippen LogP contribution in [-0.4, -0.2) is 41.3 Å². The van der Waals surface area contributed by atoms with Gasteiger partial charge in [0, 0.05) is 16.3 Å². The molecule has 4 nitrogen and oxygen atoms in total. The maximum atomic E-state index is 12.2. The van der Waals surface area contributed by atoms with Crippen LogP contribution in [0.15, 0.2) is 70.5 Å². The maximum absolute atomic E-state index is 12.2. The highest BCUT2D eigenvalue weighted by atomic mass is 35.5. The van der Waals surface area contributed by atoms with E-state index in [1.807, 2.05) is 30.3 Å². The van der Waals surface area contributed by atoms with Crippen molar-refractivity contribution in [3.63, 3.8) is 0 Å². The molecule has 2 N–H and O–H groups in total. The van der Waals surface area contributed by atoms with E-state index < -0.39 is 0 Å². The highest BCUT2D eigenvalue weighted by Crippen LogP contribution is 2.29. The van der Waals surface area contributed by atoms with Crippen LogP contribution in [0.4, 0.5) is 0 Å². The molecule has 0 atom stereocenters. The molecule has 4 rings (SSSR count). The molecule has 0 fully saturated rings. The average Bonchev–Trinajstić information content (AvgIpc) is 3.11. The van der Waals surface area contributed by atoms with Crippen LogP contribution >= 0.6 is 69.9 Å². The summed E-state index contributed by atoms with van der Waals surface area (Å²) >= 11 is 26.9. The van der Waals surface area contributed by atoms with E-state index in [2.05, 4.69) is 0 Å². The van der Waals surface area contributed by atoms with Gasteiger partial charge in [0.05, 0.1) is 31.2 Å². The second kappa shape index (κ2) is 14.5. The predicted molar refractivity (Wildman–Crippen MR) is 154 cm³/mol. The summed E-state index contributed by atoms with van der Waals surface area (Å²) in [5.74, 6) is 1.40. The standard InChI is InChI=1S/C17H13Cl2NO2S.C9H11Cl2NS/c18-14-7-6-11(10-15(14)19)23-9-3-8-20-16(21)12-4-1-2-5-13(12)17(20)22;10-8-3-2-7(6-9(8)11)13-5-1-4-12/h1-2,4-7,10H,3,8-9H2;2-3,6H,1,4-5,12H2. The number of nitrogens with two attached hydrogens (primary N) is 1. The van der Waals surface area contributed by atoms with Crippen molar-refractivity contribution in [2.45, 2.75) is 22.6 Å². The summed E-state index contributed by atoms with van der Waals surface area (Å²) < 4.78 is 0. The lowest BCUT2D eigenvalue weighted by atomic mass is 10.1. The van der Waals surface area contributed by atoms with Crippen molar-refractivity contribution in [2.75, 3.05) is 24.6 Å². The van der Waals surface area contributed by atoms with Crippen molar-refractivity contribution in [3.05, 3.63) is 91.9 Å². The summed E-state index contributed by atoms with van der Waals surface area (Å²) in [7, 11) is 0. The third-order valence-electron chi connectivity index (χ3n) is 5.07. The number of thioether (sulfide) groups is 2. The lowest BCUT2D eigenvalue weighted by molar-refractivity contribution is 0.0655. The zero-order valence-corrected chi connectivity index (χ0v) is 23.8. The largest absolute Gasteiger partial charge is 0.330 e. The van der Waals surface area contributed by atoms with Gasteiger partial charge >= 0.3 is 0 Å².